The van der Waals surface area contributed by atoms with Crippen LogP contribution in [0.15, 0.2) is 24.3 Å². The van der Waals surface area contributed by atoms with Crippen molar-refractivity contribution in [2.24, 2.45) is 0 Å². The first-order valence-corrected chi connectivity index (χ1v) is 9.01. The molecule has 1 saturated carbocycles. The van der Waals surface area contributed by atoms with Gasteiger partial charge in [-0.1, -0.05) is 29.8 Å². The van der Waals surface area contributed by atoms with Gasteiger partial charge >= 0.3 is 0 Å². The molecule has 1 aliphatic carbocycles. The van der Waals surface area contributed by atoms with Crippen molar-refractivity contribution in [3.63, 3.8) is 0 Å². The molecule has 4 rings (SSSR count). The minimum atomic E-state index is -0.471. The van der Waals surface area contributed by atoms with E-state index in [1.165, 1.54) is 4.88 Å². The fraction of sp³-hybridized carbons (Fsp3) is 0.412. The molecule has 0 unspecified atom stereocenters. The first kappa shape index (κ1) is 15.1. The summed E-state index contributed by atoms with van der Waals surface area (Å²) in [6.45, 7) is 1.94. The molecule has 1 aromatic heterocycles. The van der Waals surface area contributed by atoms with E-state index in [4.69, 9.17) is 11.6 Å². The van der Waals surface area contributed by atoms with Gasteiger partial charge in [0.2, 0.25) is 5.91 Å². The van der Waals surface area contributed by atoms with Gasteiger partial charge in [-0.3, -0.25) is 4.79 Å². The Morgan fingerprint density at radius 2 is 2.17 bits per heavy atom. The number of rotatable bonds is 3. The molecule has 4 nitrogen and oxygen atoms in total. The van der Waals surface area contributed by atoms with E-state index in [-0.39, 0.29) is 5.91 Å². The zero-order chi connectivity index (χ0) is 16.0. The number of hydrogen-bond donors (Lipinski definition) is 1. The van der Waals surface area contributed by atoms with Gasteiger partial charge in [0.25, 0.3) is 0 Å². The molecule has 1 amide bonds. The standard InChI is InChI=1S/C17H18ClN3OS/c1-21-9-6-13-14(10-21)23-16(19-13)20-15(22)17(7-8-17)11-4-2-3-5-12(11)18/h2-5H,6-10H2,1H3,(H,19,20,22). The lowest BCUT2D eigenvalue weighted by Crippen LogP contribution is -2.28. The third-order valence-corrected chi connectivity index (χ3v) is 6.04. The largest absolute Gasteiger partial charge is 0.301 e. The van der Waals surface area contributed by atoms with Crippen molar-refractivity contribution in [2.45, 2.75) is 31.2 Å². The van der Waals surface area contributed by atoms with Gasteiger partial charge < -0.3 is 10.2 Å². The highest BCUT2D eigenvalue weighted by Gasteiger charge is 2.52. The smallest absolute Gasteiger partial charge is 0.236 e. The lowest BCUT2D eigenvalue weighted by atomic mass is 9.95. The van der Waals surface area contributed by atoms with Crippen molar-refractivity contribution < 1.29 is 4.79 Å². The molecular formula is C17H18ClN3OS. The Hall–Kier alpha value is -1.43. The van der Waals surface area contributed by atoms with Crippen molar-refractivity contribution in [1.82, 2.24) is 9.88 Å². The predicted molar refractivity (Wildman–Crippen MR) is 93.1 cm³/mol. The number of carbonyl (C=O) groups excluding carboxylic acids is 1. The number of amides is 1. The van der Waals surface area contributed by atoms with Crippen LogP contribution in [0.1, 0.15) is 29.0 Å². The van der Waals surface area contributed by atoms with Crippen LogP contribution >= 0.6 is 22.9 Å². The molecule has 0 bridgehead atoms. The Labute approximate surface area is 144 Å². The molecule has 23 heavy (non-hydrogen) atoms. The maximum absolute atomic E-state index is 12.8. The van der Waals surface area contributed by atoms with E-state index in [9.17, 15) is 4.79 Å². The molecular weight excluding hydrogens is 330 g/mol. The topological polar surface area (TPSA) is 45.2 Å². The Kier molecular flexibility index (Phi) is 3.67. The highest BCUT2D eigenvalue weighted by atomic mass is 35.5. The van der Waals surface area contributed by atoms with E-state index in [2.05, 4.69) is 22.2 Å². The maximum atomic E-state index is 12.8. The average Bonchev–Trinajstić information content (AvgIpc) is 3.23. The highest BCUT2D eigenvalue weighted by molar-refractivity contribution is 7.15. The van der Waals surface area contributed by atoms with Gasteiger partial charge in [0, 0.05) is 29.4 Å². The number of nitrogens with one attached hydrogen (secondary N) is 1. The van der Waals surface area contributed by atoms with Crippen LogP contribution in [-0.2, 0) is 23.2 Å². The fourth-order valence-corrected chi connectivity index (χ4v) is 4.59. The van der Waals surface area contributed by atoms with Crippen LogP contribution in [0.4, 0.5) is 5.13 Å². The third kappa shape index (κ3) is 2.67. The van der Waals surface area contributed by atoms with Crippen LogP contribution in [-0.4, -0.2) is 29.4 Å². The van der Waals surface area contributed by atoms with Crippen molar-refractivity contribution in [1.29, 1.82) is 0 Å². The lowest BCUT2D eigenvalue weighted by molar-refractivity contribution is -0.118. The van der Waals surface area contributed by atoms with Crippen LogP contribution < -0.4 is 5.32 Å². The monoisotopic (exact) mass is 347 g/mol. The molecule has 2 aliphatic rings. The SMILES string of the molecule is CN1CCc2nc(NC(=O)C3(c4ccccc4Cl)CC3)sc2C1. The summed E-state index contributed by atoms with van der Waals surface area (Å²) in [5, 5.41) is 4.42. The quantitative estimate of drug-likeness (QED) is 0.924. The van der Waals surface area contributed by atoms with Crippen LogP contribution in [0.5, 0.6) is 0 Å². The molecule has 1 fully saturated rings. The van der Waals surface area contributed by atoms with Crippen LogP contribution in [0.3, 0.4) is 0 Å². The van der Waals surface area contributed by atoms with Crippen molar-refractivity contribution >= 4 is 34.0 Å². The second-order valence-electron chi connectivity index (χ2n) is 6.39. The van der Waals surface area contributed by atoms with Gasteiger partial charge in [0.05, 0.1) is 11.1 Å². The van der Waals surface area contributed by atoms with Gasteiger partial charge in [-0.05, 0) is 31.5 Å². The van der Waals surface area contributed by atoms with Crippen molar-refractivity contribution in [3.05, 3.63) is 45.4 Å². The number of hydrogen-bond acceptors (Lipinski definition) is 4. The molecule has 0 saturated heterocycles. The summed E-state index contributed by atoms with van der Waals surface area (Å²) in [6, 6.07) is 7.64. The second-order valence-corrected chi connectivity index (χ2v) is 7.88. The van der Waals surface area contributed by atoms with Gasteiger partial charge in [0.15, 0.2) is 5.13 Å². The van der Waals surface area contributed by atoms with Gasteiger partial charge in [-0.2, -0.15) is 0 Å². The minimum Gasteiger partial charge on any atom is -0.301 e. The molecule has 1 aliphatic heterocycles. The predicted octanol–water partition coefficient (Wildman–Crippen LogP) is 3.45. The summed E-state index contributed by atoms with van der Waals surface area (Å²) in [6.07, 6.45) is 2.64. The molecule has 2 heterocycles. The number of halogens is 1. The number of fused-ring (bicyclic) bond motifs is 1. The number of carbonyl (C=O) groups is 1. The Bertz CT molecular complexity index is 769. The van der Waals surface area contributed by atoms with E-state index in [1.807, 2.05) is 24.3 Å². The van der Waals surface area contributed by atoms with Crippen molar-refractivity contribution in [3.8, 4) is 0 Å². The van der Waals surface area contributed by atoms with E-state index in [0.717, 1.165) is 43.6 Å². The molecule has 1 aromatic carbocycles. The summed E-state index contributed by atoms with van der Waals surface area (Å²) >= 11 is 7.89. The molecule has 2 aromatic rings. The van der Waals surface area contributed by atoms with Gasteiger partial charge in [-0.25, -0.2) is 4.98 Å². The van der Waals surface area contributed by atoms with Gasteiger partial charge in [0.1, 0.15) is 0 Å². The number of aromatic nitrogens is 1. The molecule has 0 radical (unpaired) electrons. The number of benzene rings is 1. The number of likely N-dealkylation sites (N-methyl/N-ethyl adjacent to an activating group) is 1. The van der Waals surface area contributed by atoms with E-state index < -0.39 is 5.41 Å². The molecule has 0 atom stereocenters. The zero-order valence-electron chi connectivity index (χ0n) is 12.9. The van der Waals surface area contributed by atoms with Crippen molar-refractivity contribution in [2.75, 3.05) is 18.9 Å². The molecule has 0 spiro atoms. The van der Waals surface area contributed by atoms with E-state index in [1.54, 1.807) is 11.3 Å². The van der Waals surface area contributed by atoms with E-state index >= 15 is 0 Å². The van der Waals surface area contributed by atoms with E-state index in [0.29, 0.717) is 10.2 Å². The summed E-state index contributed by atoms with van der Waals surface area (Å²) < 4.78 is 0. The summed E-state index contributed by atoms with van der Waals surface area (Å²) in [5.41, 5.74) is 1.59. The lowest BCUT2D eigenvalue weighted by Gasteiger charge is -2.20. The first-order valence-electron chi connectivity index (χ1n) is 7.82. The fourth-order valence-electron chi connectivity index (χ4n) is 3.19. The third-order valence-electron chi connectivity index (χ3n) is 4.72. The molecule has 1 N–H and O–H groups in total. The Morgan fingerprint density at radius 3 is 2.91 bits per heavy atom. The summed E-state index contributed by atoms with van der Waals surface area (Å²) in [5.74, 6) is 0.0186. The molecule has 120 valence electrons. The molecule has 6 heteroatoms. The van der Waals surface area contributed by atoms with Crippen LogP contribution in [0.2, 0.25) is 5.02 Å². The second kappa shape index (κ2) is 5.58. The maximum Gasteiger partial charge on any atom is 0.236 e. The average molecular weight is 348 g/mol. The van der Waals surface area contributed by atoms with Crippen LogP contribution in [0, 0.1) is 0 Å². The number of anilines is 1. The number of nitrogens with zero attached hydrogens (tertiary/aromatic N) is 2. The Morgan fingerprint density at radius 1 is 1.39 bits per heavy atom. The summed E-state index contributed by atoms with van der Waals surface area (Å²) in [7, 11) is 2.11. The first-order chi connectivity index (χ1) is 11.1. The minimum absolute atomic E-state index is 0.0186. The Balaban J connectivity index is 1.56. The normalized spacial score (nSPS) is 19.2. The van der Waals surface area contributed by atoms with Crippen LogP contribution in [0.25, 0.3) is 0 Å². The number of thiazole rings is 1. The highest BCUT2D eigenvalue weighted by Crippen LogP contribution is 2.51. The zero-order valence-corrected chi connectivity index (χ0v) is 14.5. The van der Waals surface area contributed by atoms with Gasteiger partial charge in [-0.15, -0.1) is 11.3 Å². The summed E-state index contributed by atoms with van der Waals surface area (Å²) in [4.78, 5) is 21.0.